The number of para-hydroxylation sites is 1. The Hall–Kier alpha value is -2.89. The highest BCUT2D eigenvalue weighted by Crippen LogP contribution is 2.16. The van der Waals surface area contributed by atoms with E-state index in [4.69, 9.17) is 4.74 Å². The van der Waals surface area contributed by atoms with E-state index in [1.807, 2.05) is 19.1 Å². The number of nitrogens with one attached hydrogen (secondary N) is 2. The number of carbonyl (C=O) groups is 2. The molecule has 0 atom stereocenters. The normalized spacial score (nSPS) is 10.1. The molecule has 1 aromatic carbocycles. The molecular formula is C19H23N3O3. The lowest BCUT2D eigenvalue weighted by molar-refractivity contribution is 0.0501. The van der Waals surface area contributed by atoms with Crippen LogP contribution in [0.4, 0.5) is 10.5 Å². The summed E-state index contributed by atoms with van der Waals surface area (Å²) in [6.45, 7) is 2.88. The van der Waals surface area contributed by atoms with Crippen LogP contribution in [0.1, 0.15) is 35.7 Å². The minimum atomic E-state index is -0.431. The van der Waals surface area contributed by atoms with Gasteiger partial charge in [-0.25, -0.2) is 9.59 Å². The fourth-order valence-corrected chi connectivity index (χ4v) is 2.19. The maximum Gasteiger partial charge on any atom is 0.340 e. The van der Waals surface area contributed by atoms with E-state index in [-0.39, 0.29) is 6.03 Å². The van der Waals surface area contributed by atoms with Crippen LogP contribution in [-0.4, -0.2) is 30.1 Å². The van der Waals surface area contributed by atoms with E-state index in [1.165, 1.54) is 0 Å². The highest BCUT2D eigenvalue weighted by molar-refractivity contribution is 6.00. The zero-order valence-electron chi connectivity index (χ0n) is 14.3. The highest BCUT2D eigenvalue weighted by Gasteiger charge is 2.14. The lowest BCUT2D eigenvalue weighted by Crippen LogP contribution is -2.31. The number of aromatic nitrogens is 1. The summed E-state index contributed by atoms with van der Waals surface area (Å²) in [6.07, 6.45) is 5.92. The Morgan fingerprint density at radius 1 is 1.16 bits per heavy atom. The lowest BCUT2D eigenvalue weighted by atomic mass is 10.2. The predicted octanol–water partition coefficient (Wildman–Crippen LogP) is 3.40. The number of ether oxygens (including phenoxy) is 1. The van der Waals surface area contributed by atoms with Gasteiger partial charge in [0.1, 0.15) is 0 Å². The zero-order valence-corrected chi connectivity index (χ0v) is 14.3. The van der Waals surface area contributed by atoms with Crippen LogP contribution in [0.5, 0.6) is 0 Å². The van der Waals surface area contributed by atoms with E-state index in [2.05, 4.69) is 15.6 Å². The molecule has 0 fully saturated rings. The number of nitrogens with zero attached hydrogens (tertiary/aromatic N) is 1. The summed E-state index contributed by atoms with van der Waals surface area (Å²) in [7, 11) is 0. The molecule has 6 nitrogen and oxygen atoms in total. The molecule has 0 aliphatic carbocycles. The van der Waals surface area contributed by atoms with Gasteiger partial charge in [0.05, 0.1) is 17.9 Å². The van der Waals surface area contributed by atoms with E-state index in [0.29, 0.717) is 30.8 Å². The molecule has 0 spiro atoms. The summed E-state index contributed by atoms with van der Waals surface area (Å²) in [6, 6.07) is 10.3. The van der Waals surface area contributed by atoms with Crippen LogP contribution < -0.4 is 10.6 Å². The molecule has 2 aromatic rings. The molecule has 25 heavy (non-hydrogen) atoms. The van der Waals surface area contributed by atoms with Crippen LogP contribution in [0.3, 0.4) is 0 Å². The molecule has 0 unspecified atom stereocenters. The lowest BCUT2D eigenvalue weighted by Gasteiger charge is -2.11. The molecule has 2 N–H and O–H groups in total. The van der Waals surface area contributed by atoms with Gasteiger partial charge >= 0.3 is 12.0 Å². The molecule has 2 amide bonds. The Kier molecular flexibility index (Phi) is 7.43. The van der Waals surface area contributed by atoms with Gasteiger partial charge in [-0.05, 0) is 36.6 Å². The monoisotopic (exact) mass is 341 g/mol. The summed E-state index contributed by atoms with van der Waals surface area (Å²) < 4.78 is 5.21. The number of hydrogen-bond acceptors (Lipinski definition) is 4. The van der Waals surface area contributed by atoms with Gasteiger partial charge in [-0.2, -0.15) is 0 Å². The van der Waals surface area contributed by atoms with Crippen molar-refractivity contribution in [2.24, 2.45) is 0 Å². The van der Waals surface area contributed by atoms with E-state index >= 15 is 0 Å². The first-order valence-electron chi connectivity index (χ1n) is 8.40. The standard InChI is InChI=1S/C19H23N3O3/c1-2-3-13-25-18(23)16-8-4-5-9-17(16)22-19(24)21-12-10-15-7-6-11-20-14-15/h4-9,11,14H,2-3,10,12-13H2,1H3,(H2,21,22,24). The van der Waals surface area contributed by atoms with Crippen molar-refractivity contribution in [3.8, 4) is 0 Å². The van der Waals surface area contributed by atoms with Gasteiger partial charge in [-0.15, -0.1) is 0 Å². The maximum absolute atomic E-state index is 12.1. The van der Waals surface area contributed by atoms with Crippen LogP contribution in [0.25, 0.3) is 0 Å². The van der Waals surface area contributed by atoms with Crippen molar-refractivity contribution in [2.45, 2.75) is 26.2 Å². The molecule has 0 bridgehead atoms. The third kappa shape index (κ3) is 6.25. The molecule has 0 radical (unpaired) electrons. The number of amides is 2. The quantitative estimate of drug-likeness (QED) is 0.569. The molecule has 6 heteroatoms. The second-order valence-corrected chi connectivity index (χ2v) is 5.53. The van der Waals surface area contributed by atoms with E-state index in [9.17, 15) is 9.59 Å². The van der Waals surface area contributed by atoms with E-state index in [1.54, 1.807) is 36.7 Å². The van der Waals surface area contributed by atoms with Crippen LogP contribution in [0.15, 0.2) is 48.8 Å². The molecule has 1 aromatic heterocycles. The second kappa shape index (κ2) is 10.1. The molecule has 0 aliphatic heterocycles. The van der Waals surface area contributed by atoms with Gasteiger partial charge in [0.15, 0.2) is 0 Å². The highest BCUT2D eigenvalue weighted by atomic mass is 16.5. The summed E-state index contributed by atoms with van der Waals surface area (Å²) in [5.41, 5.74) is 1.83. The van der Waals surface area contributed by atoms with Crippen LogP contribution in [-0.2, 0) is 11.2 Å². The zero-order chi connectivity index (χ0) is 17.9. The van der Waals surface area contributed by atoms with Gasteiger partial charge in [-0.1, -0.05) is 31.5 Å². The first-order valence-corrected chi connectivity index (χ1v) is 8.40. The number of esters is 1. The number of benzene rings is 1. The Morgan fingerprint density at radius 3 is 2.76 bits per heavy atom. The number of carbonyl (C=O) groups excluding carboxylic acids is 2. The van der Waals surface area contributed by atoms with Gasteiger partial charge in [0, 0.05) is 18.9 Å². The Balaban J connectivity index is 1.86. The molecule has 1 heterocycles. The first-order chi connectivity index (χ1) is 12.2. The minimum Gasteiger partial charge on any atom is -0.462 e. The van der Waals surface area contributed by atoms with Crippen LogP contribution >= 0.6 is 0 Å². The molecule has 132 valence electrons. The molecule has 0 saturated heterocycles. The Labute approximate surface area is 147 Å². The van der Waals surface area contributed by atoms with Gasteiger partial charge in [0.2, 0.25) is 0 Å². The van der Waals surface area contributed by atoms with E-state index < -0.39 is 5.97 Å². The average Bonchev–Trinajstić information content (AvgIpc) is 2.63. The van der Waals surface area contributed by atoms with Gasteiger partial charge < -0.3 is 15.4 Å². The maximum atomic E-state index is 12.1. The Morgan fingerprint density at radius 2 is 2.00 bits per heavy atom. The van der Waals surface area contributed by atoms with E-state index in [0.717, 1.165) is 18.4 Å². The van der Waals surface area contributed by atoms with Gasteiger partial charge in [-0.3, -0.25) is 4.98 Å². The van der Waals surface area contributed by atoms with Gasteiger partial charge in [0.25, 0.3) is 0 Å². The summed E-state index contributed by atoms with van der Waals surface area (Å²) >= 11 is 0. The minimum absolute atomic E-state index is 0.348. The summed E-state index contributed by atoms with van der Waals surface area (Å²) in [4.78, 5) is 28.2. The predicted molar refractivity (Wildman–Crippen MR) is 96.6 cm³/mol. The molecule has 0 saturated carbocycles. The third-order valence-corrected chi connectivity index (χ3v) is 3.55. The molecular weight excluding hydrogens is 318 g/mol. The summed E-state index contributed by atoms with van der Waals surface area (Å²) in [5.74, 6) is -0.431. The Bertz CT molecular complexity index is 689. The van der Waals surface area contributed by atoms with Crippen LogP contribution in [0.2, 0.25) is 0 Å². The summed E-state index contributed by atoms with van der Waals surface area (Å²) in [5, 5.41) is 5.47. The number of rotatable bonds is 8. The number of unbranched alkanes of at least 4 members (excludes halogenated alkanes) is 1. The number of pyridine rings is 1. The molecule has 0 aliphatic rings. The molecule has 2 rings (SSSR count). The second-order valence-electron chi connectivity index (χ2n) is 5.53. The fraction of sp³-hybridized carbons (Fsp3) is 0.316. The number of hydrogen-bond donors (Lipinski definition) is 2. The first kappa shape index (κ1) is 18.4. The largest absolute Gasteiger partial charge is 0.462 e. The average molecular weight is 341 g/mol. The van der Waals surface area contributed by atoms with Crippen molar-refractivity contribution >= 4 is 17.7 Å². The number of urea groups is 1. The third-order valence-electron chi connectivity index (χ3n) is 3.55. The smallest absolute Gasteiger partial charge is 0.340 e. The van der Waals surface area contributed by atoms with Crippen molar-refractivity contribution in [1.82, 2.24) is 10.3 Å². The van der Waals surface area contributed by atoms with Crippen molar-refractivity contribution in [3.05, 3.63) is 59.9 Å². The topological polar surface area (TPSA) is 80.3 Å². The van der Waals surface area contributed by atoms with Crippen molar-refractivity contribution in [2.75, 3.05) is 18.5 Å². The number of anilines is 1. The SMILES string of the molecule is CCCCOC(=O)c1ccccc1NC(=O)NCCc1cccnc1. The van der Waals surface area contributed by atoms with Crippen molar-refractivity contribution in [1.29, 1.82) is 0 Å². The van der Waals surface area contributed by atoms with Crippen molar-refractivity contribution < 1.29 is 14.3 Å². The van der Waals surface area contributed by atoms with Crippen LogP contribution in [0, 0.1) is 0 Å². The fourth-order valence-electron chi connectivity index (χ4n) is 2.19. The van der Waals surface area contributed by atoms with Crippen molar-refractivity contribution in [3.63, 3.8) is 0 Å².